The lowest BCUT2D eigenvalue weighted by Crippen LogP contribution is -1.93. The van der Waals surface area contributed by atoms with E-state index in [-0.39, 0.29) is 0 Å². The van der Waals surface area contributed by atoms with Gasteiger partial charge in [0.2, 0.25) is 0 Å². The number of aromatic nitrogens is 1. The molecule has 0 aliphatic rings. The molecule has 0 atom stereocenters. The maximum Gasteiger partial charge on any atom is 0.153 e. The summed E-state index contributed by atoms with van der Waals surface area (Å²) in [5, 5.41) is 8.27. The first-order valence-electron chi connectivity index (χ1n) is 12.0. The molecule has 0 aliphatic heterocycles. The van der Waals surface area contributed by atoms with Crippen LogP contribution in [0.2, 0.25) is 0 Å². The monoisotopic (exact) mass is 462 g/mol. The van der Waals surface area contributed by atoms with E-state index in [0.717, 1.165) is 44.4 Å². The molecule has 7 aromatic rings. The number of nitrogens with zero attached hydrogens (tertiary/aromatic N) is 1. The van der Waals surface area contributed by atoms with E-state index in [9.17, 15) is 0 Å². The predicted molar refractivity (Wildman–Crippen MR) is 150 cm³/mol. The van der Waals surface area contributed by atoms with Crippen molar-refractivity contribution in [3.63, 3.8) is 0 Å². The number of benzene rings is 5. The third kappa shape index (κ3) is 3.50. The van der Waals surface area contributed by atoms with Gasteiger partial charge in [0.1, 0.15) is 5.58 Å². The Labute approximate surface area is 208 Å². The molecular formula is C33H22N2O. The Balaban J connectivity index is 1.27. The van der Waals surface area contributed by atoms with Crippen LogP contribution in [0.15, 0.2) is 132 Å². The van der Waals surface area contributed by atoms with Crippen molar-refractivity contribution in [2.24, 2.45) is 0 Å². The third-order valence-corrected chi connectivity index (χ3v) is 6.75. The zero-order chi connectivity index (χ0) is 23.9. The van der Waals surface area contributed by atoms with Gasteiger partial charge in [-0.05, 0) is 52.4 Å². The number of nitrogens with one attached hydrogen (secondary N) is 1. The summed E-state index contributed by atoms with van der Waals surface area (Å²) in [4.78, 5) is 4.21. The highest BCUT2D eigenvalue weighted by atomic mass is 16.3. The second-order valence-electron chi connectivity index (χ2n) is 8.97. The van der Waals surface area contributed by atoms with Crippen LogP contribution in [0.1, 0.15) is 0 Å². The van der Waals surface area contributed by atoms with Crippen LogP contribution in [0.3, 0.4) is 0 Å². The minimum atomic E-state index is 0.809. The maximum atomic E-state index is 6.19. The highest BCUT2D eigenvalue weighted by Gasteiger charge is 2.12. The van der Waals surface area contributed by atoms with E-state index in [4.69, 9.17) is 4.42 Å². The minimum absolute atomic E-state index is 0.809. The topological polar surface area (TPSA) is 38.1 Å². The van der Waals surface area contributed by atoms with Crippen molar-refractivity contribution in [2.75, 3.05) is 5.32 Å². The van der Waals surface area contributed by atoms with Gasteiger partial charge in [0.15, 0.2) is 5.58 Å². The van der Waals surface area contributed by atoms with Gasteiger partial charge in [-0.2, -0.15) is 0 Å². The molecule has 0 aliphatic carbocycles. The summed E-state index contributed by atoms with van der Waals surface area (Å²) in [5.41, 5.74) is 8.41. The van der Waals surface area contributed by atoms with Crippen LogP contribution in [0, 0.1) is 0 Å². The average molecular weight is 463 g/mol. The van der Waals surface area contributed by atoms with Gasteiger partial charge in [0.05, 0.1) is 6.20 Å². The molecule has 2 aromatic heterocycles. The number of para-hydroxylation sites is 1. The normalized spacial score (nSPS) is 11.3. The first-order valence-corrected chi connectivity index (χ1v) is 12.0. The fraction of sp³-hybridized carbons (Fsp3) is 0. The molecule has 0 unspecified atom stereocenters. The molecule has 3 heteroatoms. The van der Waals surface area contributed by atoms with Crippen LogP contribution >= 0.6 is 0 Å². The molecule has 2 heterocycles. The molecule has 7 rings (SSSR count). The van der Waals surface area contributed by atoms with Crippen molar-refractivity contribution < 1.29 is 4.42 Å². The lowest BCUT2D eigenvalue weighted by molar-refractivity contribution is 0.668. The van der Waals surface area contributed by atoms with Crippen LogP contribution in [0.4, 0.5) is 11.4 Å². The molecule has 1 N–H and O–H groups in total. The molecule has 0 fully saturated rings. The zero-order valence-corrected chi connectivity index (χ0v) is 19.5. The standard InChI is InChI=1S/C33H22N2O/c1-2-7-22(8-3-1)25-19-24-9-4-5-10-27(24)31(20-25)35-26-15-13-23(14-16-26)28-11-6-12-30-29-17-18-34-21-32(29)36-33(28)30/h1-21,35H. The molecule has 0 bridgehead atoms. The molecule has 0 amide bonds. The Hall–Kier alpha value is -4.89. The summed E-state index contributed by atoms with van der Waals surface area (Å²) >= 11 is 0. The molecule has 3 nitrogen and oxygen atoms in total. The number of hydrogen-bond acceptors (Lipinski definition) is 3. The van der Waals surface area contributed by atoms with Gasteiger partial charge in [-0.3, -0.25) is 4.98 Å². The molecule has 0 saturated heterocycles. The molecule has 0 saturated carbocycles. The first-order chi connectivity index (χ1) is 17.8. The second kappa shape index (κ2) is 8.40. The van der Waals surface area contributed by atoms with Crippen molar-refractivity contribution in [3.8, 4) is 22.3 Å². The molecular weight excluding hydrogens is 440 g/mol. The average Bonchev–Trinajstić information content (AvgIpc) is 3.33. The molecule has 5 aromatic carbocycles. The minimum Gasteiger partial charge on any atom is -0.454 e. The van der Waals surface area contributed by atoms with E-state index in [1.54, 1.807) is 12.4 Å². The Bertz CT molecular complexity index is 1850. The highest BCUT2D eigenvalue weighted by Crippen LogP contribution is 2.37. The largest absolute Gasteiger partial charge is 0.454 e. The van der Waals surface area contributed by atoms with Gasteiger partial charge in [-0.15, -0.1) is 0 Å². The summed E-state index contributed by atoms with van der Waals surface area (Å²) < 4.78 is 6.19. The summed E-state index contributed by atoms with van der Waals surface area (Å²) in [6, 6.07) is 40.3. The predicted octanol–water partition coefficient (Wildman–Crippen LogP) is 9.21. The van der Waals surface area contributed by atoms with Crippen molar-refractivity contribution in [1.29, 1.82) is 0 Å². The smallest absolute Gasteiger partial charge is 0.153 e. The van der Waals surface area contributed by atoms with Crippen LogP contribution in [0.5, 0.6) is 0 Å². The van der Waals surface area contributed by atoms with Gasteiger partial charge >= 0.3 is 0 Å². The van der Waals surface area contributed by atoms with Gasteiger partial charge in [0, 0.05) is 39.3 Å². The van der Waals surface area contributed by atoms with E-state index < -0.39 is 0 Å². The van der Waals surface area contributed by atoms with Crippen molar-refractivity contribution in [1.82, 2.24) is 4.98 Å². The van der Waals surface area contributed by atoms with E-state index >= 15 is 0 Å². The van der Waals surface area contributed by atoms with E-state index in [0.29, 0.717) is 0 Å². The maximum absolute atomic E-state index is 6.19. The van der Waals surface area contributed by atoms with Crippen molar-refractivity contribution in [3.05, 3.63) is 128 Å². The van der Waals surface area contributed by atoms with E-state index in [1.807, 2.05) is 12.1 Å². The second-order valence-corrected chi connectivity index (χ2v) is 8.97. The third-order valence-electron chi connectivity index (χ3n) is 6.75. The Morgan fingerprint density at radius 3 is 2.28 bits per heavy atom. The number of rotatable bonds is 4. The number of hydrogen-bond donors (Lipinski definition) is 1. The lowest BCUT2D eigenvalue weighted by atomic mass is 9.99. The Morgan fingerprint density at radius 2 is 1.39 bits per heavy atom. The van der Waals surface area contributed by atoms with Gasteiger partial charge in [-0.1, -0.05) is 84.9 Å². The van der Waals surface area contributed by atoms with Crippen LogP contribution in [0.25, 0.3) is 55.0 Å². The summed E-state index contributed by atoms with van der Waals surface area (Å²) in [6.45, 7) is 0. The van der Waals surface area contributed by atoms with Crippen molar-refractivity contribution >= 4 is 44.1 Å². The van der Waals surface area contributed by atoms with E-state index in [1.165, 1.54) is 21.9 Å². The van der Waals surface area contributed by atoms with Crippen LogP contribution < -0.4 is 5.32 Å². The molecule has 0 spiro atoms. The van der Waals surface area contributed by atoms with Gasteiger partial charge < -0.3 is 9.73 Å². The van der Waals surface area contributed by atoms with E-state index in [2.05, 4.69) is 113 Å². The summed E-state index contributed by atoms with van der Waals surface area (Å²) in [6.07, 6.45) is 3.58. The summed E-state index contributed by atoms with van der Waals surface area (Å²) in [5.74, 6) is 0. The first kappa shape index (κ1) is 20.5. The molecule has 170 valence electrons. The number of pyridine rings is 1. The number of fused-ring (bicyclic) bond motifs is 4. The lowest BCUT2D eigenvalue weighted by Gasteiger charge is -2.14. The number of furan rings is 1. The van der Waals surface area contributed by atoms with Gasteiger partial charge in [-0.25, -0.2) is 0 Å². The Kier molecular flexibility index (Phi) is 4.78. The quantitative estimate of drug-likeness (QED) is 0.283. The van der Waals surface area contributed by atoms with Crippen molar-refractivity contribution in [2.45, 2.75) is 0 Å². The number of anilines is 2. The van der Waals surface area contributed by atoms with Gasteiger partial charge in [0.25, 0.3) is 0 Å². The molecule has 36 heavy (non-hydrogen) atoms. The summed E-state index contributed by atoms with van der Waals surface area (Å²) in [7, 11) is 0. The fourth-order valence-corrected chi connectivity index (χ4v) is 4.98. The van der Waals surface area contributed by atoms with Crippen LogP contribution in [-0.4, -0.2) is 4.98 Å². The SMILES string of the molecule is c1ccc(-c2cc(Nc3ccc(-c4cccc5c4oc4cnccc45)cc3)c3ccccc3c2)cc1. The fourth-order valence-electron chi connectivity index (χ4n) is 4.98. The zero-order valence-electron chi connectivity index (χ0n) is 19.5. The van der Waals surface area contributed by atoms with Crippen LogP contribution in [-0.2, 0) is 0 Å². The Morgan fingerprint density at radius 1 is 0.583 bits per heavy atom. The molecule has 0 radical (unpaired) electrons. The highest BCUT2D eigenvalue weighted by molar-refractivity contribution is 6.09.